The van der Waals surface area contributed by atoms with E-state index >= 15 is 4.39 Å². The van der Waals surface area contributed by atoms with Crippen molar-refractivity contribution >= 4 is 0 Å². The molecule has 0 N–H and O–H groups in total. The highest BCUT2D eigenvalue weighted by Gasteiger charge is 2.31. The number of benzene rings is 2. The van der Waals surface area contributed by atoms with Crippen molar-refractivity contribution in [1.29, 1.82) is 0 Å². The van der Waals surface area contributed by atoms with E-state index in [0.29, 0.717) is 30.9 Å². The zero-order chi connectivity index (χ0) is 20.5. The first-order valence-electron chi connectivity index (χ1n) is 11.0. The molecule has 0 radical (unpaired) electrons. The van der Waals surface area contributed by atoms with Crippen LogP contribution in [0.2, 0.25) is 0 Å². The molecule has 156 valence electrons. The van der Waals surface area contributed by atoms with Crippen LogP contribution in [-0.4, -0.2) is 6.61 Å². The van der Waals surface area contributed by atoms with E-state index in [4.69, 9.17) is 4.74 Å². The summed E-state index contributed by atoms with van der Waals surface area (Å²) in [6.07, 6.45) is 8.14. The van der Waals surface area contributed by atoms with Gasteiger partial charge in [0.25, 0.3) is 0 Å². The standard InChI is InChI=1S/C25H29F3O/c1-3-5-15-6-8-16(9-7-15)17-11-18-12-19-14-21(29-10-4-2)24(27)25(28)23(19)22(18)20(26)13-17/h11,13-16H,3-10,12H2,1-2H3. The SMILES string of the molecule is CCCOc1cc2c(c(F)c1F)-c1c(F)cc(C3CCC(CCC)CC3)cc1C2. The number of ether oxygens (including phenoxy) is 1. The van der Waals surface area contributed by atoms with E-state index < -0.39 is 17.5 Å². The minimum Gasteiger partial charge on any atom is -0.490 e. The molecule has 29 heavy (non-hydrogen) atoms. The van der Waals surface area contributed by atoms with Gasteiger partial charge >= 0.3 is 0 Å². The highest BCUT2D eigenvalue weighted by atomic mass is 19.2. The second kappa shape index (κ2) is 8.41. The van der Waals surface area contributed by atoms with E-state index in [1.807, 2.05) is 13.0 Å². The van der Waals surface area contributed by atoms with Gasteiger partial charge in [0.15, 0.2) is 11.6 Å². The lowest BCUT2D eigenvalue weighted by molar-refractivity contribution is 0.295. The number of hydrogen-bond donors (Lipinski definition) is 0. The third-order valence-corrected chi connectivity index (χ3v) is 6.56. The van der Waals surface area contributed by atoms with Crippen molar-refractivity contribution in [2.24, 2.45) is 5.92 Å². The fourth-order valence-electron chi connectivity index (χ4n) is 5.12. The second-order valence-electron chi connectivity index (χ2n) is 8.61. The largest absolute Gasteiger partial charge is 0.490 e. The summed E-state index contributed by atoms with van der Waals surface area (Å²) in [7, 11) is 0. The van der Waals surface area contributed by atoms with E-state index in [-0.39, 0.29) is 16.9 Å². The van der Waals surface area contributed by atoms with Crippen molar-refractivity contribution in [3.8, 4) is 16.9 Å². The molecule has 1 fully saturated rings. The minimum atomic E-state index is -1.03. The zero-order valence-corrected chi connectivity index (χ0v) is 17.3. The van der Waals surface area contributed by atoms with Crippen molar-refractivity contribution in [2.45, 2.75) is 71.1 Å². The predicted octanol–water partition coefficient (Wildman–Crippen LogP) is 7.54. The molecule has 2 aliphatic carbocycles. The van der Waals surface area contributed by atoms with E-state index in [9.17, 15) is 8.78 Å². The molecule has 2 aromatic rings. The number of fused-ring (bicyclic) bond motifs is 3. The fraction of sp³-hybridized carbons (Fsp3) is 0.520. The average Bonchev–Trinajstić information content (AvgIpc) is 3.09. The summed E-state index contributed by atoms with van der Waals surface area (Å²) >= 11 is 0. The van der Waals surface area contributed by atoms with Crippen LogP contribution in [-0.2, 0) is 6.42 Å². The fourth-order valence-corrected chi connectivity index (χ4v) is 5.12. The van der Waals surface area contributed by atoms with E-state index in [2.05, 4.69) is 6.92 Å². The lowest BCUT2D eigenvalue weighted by Gasteiger charge is -2.29. The molecule has 0 unspecified atom stereocenters. The molecule has 0 aromatic heterocycles. The van der Waals surface area contributed by atoms with Crippen LogP contribution in [0.5, 0.6) is 5.75 Å². The molecule has 2 aliphatic rings. The van der Waals surface area contributed by atoms with Gasteiger partial charge in [-0.3, -0.25) is 0 Å². The van der Waals surface area contributed by atoms with Gasteiger partial charge in [0, 0.05) is 11.1 Å². The monoisotopic (exact) mass is 402 g/mol. The first kappa shape index (κ1) is 20.3. The summed E-state index contributed by atoms with van der Waals surface area (Å²) in [4.78, 5) is 0. The zero-order valence-electron chi connectivity index (χ0n) is 17.3. The topological polar surface area (TPSA) is 9.23 Å². The molecule has 1 nitrogen and oxygen atoms in total. The maximum atomic E-state index is 15.1. The number of halogens is 3. The Morgan fingerprint density at radius 1 is 0.862 bits per heavy atom. The maximum absolute atomic E-state index is 15.1. The molecular formula is C25H29F3O. The Bertz CT molecular complexity index is 898. The molecule has 0 bridgehead atoms. The smallest absolute Gasteiger partial charge is 0.201 e. The third kappa shape index (κ3) is 3.78. The van der Waals surface area contributed by atoms with Gasteiger partial charge in [-0.1, -0.05) is 32.8 Å². The normalized spacial score (nSPS) is 20.4. The molecule has 4 heteroatoms. The van der Waals surface area contributed by atoms with E-state index in [1.165, 1.54) is 25.7 Å². The van der Waals surface area contributed by atoms with Crippen molar-refractivity contribution in [2.75, 3.05) is 6.61 Å². The lowest BCUT2D eigenvalue weighted by atomic mass is 9.77. The minimum absolute atomic E-state index is 0.0667. The van der Waals surface area contributed by atoms with Crippen LogP contribution in [0.3, 0.4) is 0 Å². The van der Waals surface area contributed by atoms with Gasteiger partial charge in [-0.15, -0.1) is 0 Å². The maximum Gasteiger partial charge on any atom is 0.201 e. The van der Waals surface area contributed by atoms with Crippen LogP contribution >= 0.6 is 0 Å². The predicted molar refractivity (Wildman–Crippen MR) is 110 cm³/mol. The van der Waals surface area contributed by atoms with Gasteiger partial charge < -0.3 is 4.74 Å². The van der Waals surface area contributed by atoms with Gasteiger partial charge in [0.2, 0.25) is 5.82 Å². The van der Waals surface area contributed by atoms with E-state index in [0.717, 1.165) is 29.9 Å². The summed E-state index contributed by atoms with van der Waals surface area (Å²) in [6.45, 7) is 4.45. The molecule has 0 amide bonds. The van der Waals surface area contributed by atoms with Crippen LogP contribution in [0.4, 0.5) is 13.2 Å². The second-order valence-corrected chi connectivity index (χ2v) is 8.61. The van der Waals surface area contributed by atoms with Crippen molar-refractivity contribution in [3.05, 3.63) is 52.3 Å². The van der Waals surface area contributed by atoms with Gasteiger partial charge in [-0.25, -0.2) is 8.78 Å². The van der Waals surface area contributed by atoms with Gasteiger partial charge in [0.05, 0.1) is 6.61 Å². The van der Waals surface area contributed by atoms with Gasteiger partial charge in [-0.05, 0) is 79.2 Å². The molecule has 4 rings (SSSR count). The first-order valence-corrected chi connectivity index (χ1v) is 11.0. The summed E-state index contributed by atoms with van der Waals surface area (Å²) in [5.41, 5.74) is 2.66. The summed E-state index contributed by atoms with van der Waals surface area (Å²) < 4.78 is 49.7. The number of hydrogen-bond acceptors (Lipinski definition) is 1. The Balaban J connectivity index is 1.63. The average molecular weight is 403 g/mol. The first-order chi connectivity index (χ1) is 14.0. The Morgan fingerprint density at radius 3 is 2.28 bits per heavy atom. The van der Waals surface area contributed by atoms with Gasteiger partial charge in [-0.2, -0.15) is 4.39 Å². The highest BCUT2D eigenvalue weighted by molar-refractivity contribution is 5.79. The molecular weight excluding hydrogens is 373 g/mol. The molecule has 2 aromatic carbocycles. The Morgan fingerprint density at radius 2 is 1.59 bits per heavy atom. The van der Waals surface area contributed by atoms with Crippen LogP contribution < -0.4 is 4.74 Å². The van der Waals surface area contributed by atoms with Crippen LogP contribution in [0, 0.1) is 23.4 Å². The quantitative estimate of drug-likeness (QED) is 0.414. The van der Waals surface area contributed by atoms with Crippen LogP contribution in [0.25, 0.3) is 11.1 Å². The molecule has 0 spiro atoms. The van der Waals surface area contributed by atoms with Crippen LogP contribution in [0.1, 0.15) is 81.4 Å². The summed E-state index contributed by atoms with van der Waals surface area (Å²) in [5.74, 6) is -1.39. The Labute approximate surface area is 171 Å². The summed E-state index contributed by atoms with van der Waals surface area (Å²) in [6, 6.07) is 5.11. The number of rotatable bonds is 6. The molecule has 0 saturated heterocycles. The van der Waals surface area contributed by atoms with E-state index in [1.54, 1.807) is 12.1 Å². The Kier molecular flexibility index (Phi) is 5.89. The van der Waals surface area contributed by atoms with Crippen molar-refractivity contribution in [3.63, 3.8) is 0 Å². The van der Waals surface area contributed by atoms with Crippen molar-refractivity contribution in [1.82, 2.24) is 0 Å². The molecule has 0 aliphatic heterocycles. The lowest BCUT2D eigenvalue weighted by Crippen LogP contribution is -2.13. The van der Waals surface area contributed by atoms with Crippen molar-refractivity contribution < 1.29 is 17.9 Å². The van der Waals surface area contributed by atoms with Gasteiger partial charge in [0.1, 0.15) is 5.82 Å². The third-order valence-electron chi connectivity index (χ3n) is 6.56. The van der Waals surface area contributed by atoms with Crippen LogP contribution in [0.15, 0.2) is 18.2 Å². The highest BCUT2D eigenvalue weighted by Crippen LogP contribution is 2.46. The molecule has 0 atom stereocenters. The summed E-state index contributed by atoms with van der Waals surface area (Å²) in [5, 5.41) is 0. The molecule has 0 heterocycles. The molecule has 1 saturated carbocycles. The Hall–Kier alpha value is -1.97.